The van der Waals surface area contributed by atoms with Crippen LogP contribution in [-0.4, -0.2) is 57.2 Å². The van der Waals surface area contributed by atoms with Crippen LogP contribution in [0.5, 0.6) is 0 Å². The van der Waals surface area contributed by atoms with E-state index in [2.05, 4.69) is 27.9 Å². The maximum atomic E-state index is 13.0. The summed E-state index contributed by atoms with van der Waals surface area (Å²) in [4.78, 5) is 40.8. The number of likely N-dealkylation sites (tertiary alicyclic amines) is 1. The molecule has 3 heterocycles. The van der Waals surface area contributed by atoms with Gasteiger partial charge in [-0.15, -0.1) is 0 Å². The number of hydrogen-bond acceptors (Lipinski definition) is 7. The van der Waals surface area contributed by atoms with E-state index in [4.69, 9.17) is 5.26 Å². The van der Waals surface area contributed by atoms with Crippen LogP contribution in [0.4, 0.5) is 5.82 Å². The second-order valence-electron chi connectivity index (χ2n) is 8.19. The quantitative estimate of drug-likeness (QED) is 0.775. The number of nitriles is 2. The van der Waals surface area contributed by atoms with Gasteiger partial charge < -0.3 is 14.8 Å². The molecule has 1 N–H and O–H groups in total. The van der Waals surface area contributed by atoms with Crippen molar-refractivity contribution < 1.29 is 9.59 Å². The highest BCUT2D eigenvalue weighted by Crippen LogP contribution is 2.46. The van der Waals surface area contributed by atoms with E-state index >= 15 is 0 Å². The van der Waals surface area contributed by atoms with E-state index in [1.807, 2.05) is 17.0 Å². The molecule has 4 rings (SSSR count). The molecule has 2 aromatic rings. The Bertz CT molecular complexity index is 1060. The van der Waals surface area contributed by atoms with Crippen LogP contribution < -0.4 is 4.90 Å². The van der Waals surface area contributed by atoms with E-state index in [1.54, 1.807) is 11.1 Å². The molecule has 2 aliphatic rings. The summed E-state index contributed by atoms with van der Waals surface area (Å²) in [6, 6.07) is 5.81. The number of anilines is 1. The van der Waals surface area contributed by atoms with Gasteiger partial charge in [0.25, 0.3) is 0 Å². The molecule has 2 aromatic heterocycles. The number of hydrogen-bond donors (Lipinski definition) is 1. The first-order valence-electron chi connectivity index (χ1n) is 10.1. The van der Waals surface area contributed by atoms with Crippen molar-refractivity contribution in [1.82, 2.24) is 19.9 Å². The Morgan fingerprint density at radius 2 is 2.17 bits per heavy atom. The molecule has 0 spiro atoms. The smallest absolute Gasteiger partial charge is 0.236 e. The van der Waals surface area contributed by atoms with Gasteiger partial charge in [0.1, 0.15) is 29.6 Å². The van der Waals surface area contributed by atoms with Gasteiger partial charge in [-0.05, 0) is 31.2 Å². The minimum absolute atomic E-state index is 0.0557. The molecule has 2 fully saturated rings. The lowest BCUT2D eigenvalue weighted by molar-refractivity contribution is -0.131. The Hall–Kier alpha value is -3.46. The van der Waals surface area contributed by atoms with Gasteiger partial charge >= 0.3 is 0 Å². The Balaban J connectivity index is 1.70. The third kappa shape index (κ3) is 3.48. The number of nitrogens with zero attached hydrogens (tertiary/aromatic N) is 6. The topological polar surface area (TPSA) is 130 Å². The van der Waals surface area contributed by atoms with E-state index in [9.17, 15) is 14.9 Å². The number of H-pyrrole nitrogens is 1. The third-order valence-electron chi connectivity index (χ3n) is 6.32. The Morgan fingerprint density at radius 3 is 2.87 bits per heavy atom. The van der Waals surface area contributed by atoms with E-state index in [0.717, 1.165) is 11.8 Å². The maximum Gasteiger partial charge on any atom is 0.236 e. The van der Waals surface area contributed by atoms with Gasteiger partial charge in [0, 0.05) is 19.3 Å². The first-order valence-corrected chi connectivity index (χ1v) is 10.1. The van der Waals surface area contributed by atoms with Crippen molar-refractivity contribution in [2.75, 3.05) is 24.5 Å². The molecule has 1 aliphatic carbocycles. The van der Waals surface area contributed by atoms with Crippen LogP contribution in [0.2, 0.25) is 0 Å². The number of aromatic nitrogens is 3. The molecule has 30 heavy (non-hydrogen) atoms. The average Bonchev–Trinajstić information content (AvgIpc) is 3.41. The lowest BCUT2D eigenvalue weighted by atomic mass is 9.90. The van der Waals surface area contributed by atoms with E-state index in [1.165, 1.54) is 6.33 Å². The van der Waals surface area contributed by atoms with E-state index in [0.29, 0.717) is 37.4 Å². The van der Waals surface area contributed by atoms with E-state index < -0.39 is 5.41 Å². The van der Waals surface area contributed by atoms with Crippen molar-refractivity contribution in [2.24, 2.45) is 11.3 Å². The standard InChI is InChI=1S/C21H23N7O2/c1-14-4-9-27(18(30)2-7-22)10-16(14)28(11-17(29)21(12-23)5-6-21)20-15-3-8-24-19(15)25-13-26-20/h3,8,13-14,16H,2,4-6,9-11H2,1H3,(H,24,25,26). The third-order valence-corrected chi connectivity index (χ3v) is 6.32. The lowest BCUT2D eigenvalue weighted by Gasteiger charge is -2.43. The highest BCUT2D eigenvalue weighted by atomic mass is 16.2. The zero-order valence-corrected chi connectivity index (χ0v) is 16.8. The van der Waals surface area contributed by atoms with Crippen LogP contribution >= 0.6 is 0 Å². The molecule has 2 atom stereocenters. The molecule has 0 aromatic carbocycles. The maximum absolute atomic E-state index is 13.0. The summed E-state index contributed by atoms with van der Waals surface area (Å²) in [6.07, 6.45) is 5.01. The van der Waals surface area contributed by atoms with Gasteiger partial charge in [-0.2, -0.15) is 10.5 Å². The summed E-state index contributed by atoms with van der Waals surface area (Å²) in [5, 5.41) is 19.2. The van der Waals surface area contributed by atoms with Crippen LogP contribution in [0.15, 0.2) is 18.6 Å². The normalized spacial score (nSPS) is 22.2. The van der Waals surface area contributed by atoms with Gasteiger partial charge in [0.15, 0.2) is 5.78 Å². The molecule has 9 heteroatoms. The van der Waals surface area contributed by atoms with Crippen LogP contribution in [0.25, 0.3) is 11.0 Å². The summed E-state index contributed by atoms with van der Waals surface area (Å²) in [7, 11) is 0. The summed E-state index contributed by atoms with van der Waals surface area (Å²) >= 11 is 0. The highest BCUT2D eigenvalue weighted by molar-refractivity contribution is 5.96. The molecule has 1 saturated carbocycles. The summed E-state index contributed by atoms with van der Waals surface area (Å²) in [5.41, 5.74) is -0.226. The van der Waals surface area contributed by atoms with Crippen LogP contribution in [-0.2, 0) is 9.59 Å². The SMILES string of the molecule is CC1CCN(C(=O)CC#N)CC1N(CC(=O)C1(C#N)CC1)c1ncnc2[nH]ccc12. The van der Waals surface area contributed by atoms with Gasteiger partial charge in [-0.1, -0.05) is 6.92 Å². The number of ketones is 1. The number of aromatic amines is 1. The van der Waals surface area contributed by atoms with Gasteiger partial charge in [-0.25, -0.2) is 9.97 Å². The molecule has 154 valence electrons. The number of Topliss-reactive ketones (excluding diaryl/α,β-unsaturated/α-hetero) is 1. The van der Waals surface area contributed by atoms with Gasteiger partial charge in [-0.3, -0.25) is 9.59 Å². The first kappa shape index (κ1) is 19.8. The van der Waals surface area contributed by atoms with Gasteiger partial charge in [0.05, 0.1) is 30.1 Å². The number of nitrogens with one attached hydrogen (secondary N) is 1. The van der Waals surface area contributed by atoms with Crippen LogP contribution in [0.1, 0.15) is 32.6 Å². The lowest BCUT2D eigenvalue weighted by Crippen LogP contribution is -2.55. The van der Waals surface area contributed by atoms with Crippen molar-refractivity contribution >= 4 is 28.5 Å². The van der Waals surface area contributed by atoms with Crippen LogP contribution in [0.3, 0.4) is 0 Å². The number of rotatable bonds is 6. The number of fused-ring (bicyclic) bond motifs is 1. The minimum atomic E-state index is -0.892. The second kappa shape index (κ2) is 7.75. The monoisotopic (exact) mass is 405 g/mol. The predicted molar refractivity (Wildman–Crippen MR) is 108 cm³/mol. The molecular formula is C21H23N7O2. The van der Waals surface area contributed by atoms with Crippen molar-refractivity contribution in [3.63, 3.8) is 0 Å². The summed E-state index contributed by atoms with van der Waals surface area (Å²) in [6.45, 7) is 3.15. The average molecular weight is 405 g/mol. The molecule has 0 radical (unpaired) electrons. The van der Waals surface area contributed by atoms with E-state index in [-0.39, 0.29) is 36.6 Å². The van der Waals surface area contributed by atoms with Crippen molar-refractivity contribution in [1.29, 1.82) is 10.5 Å². The zero-order chi connectivity index (χ0) is 21.3. The Morgan fingerprint density at radius 1 is 1.37 bits per heavy atom. The minimum Gasteiger partial charge on any atom is -0.346 e. The fourth-order valence-corrected chi connectivity index (χ4v) is 4.18. The number of piperidine rings is 1. The fourth-order valence-electron chi connectivity index (χ4n) is 4.18. The predicted octanol–water partition coefficient (Wildman–Crippen LogP) is 1.79. The molecule has 2 unspecified atom stereocenters. The Kier molecular flexibility index (Phi) is 5.13. The first-order chi connectivity index (χ1) is 14.5. The highest BCUT2D eigenvalue weighted by Gasteiger charge is 2.51. The van der Waals surface area contributed by atoms with Crippen molar-refractivity contribution in [3.8, 4) is 12.1 Å². The zero-order valence-electron chi connectivity index (χ0n) is 16.8. The largest absolute Gasteiger partial charge is 0.346 e. The van der Waals surface area contributed by atoms with Crippen molar-refractivity contribution in [2.45, 2.75) is 38.6 Å². The number of carbonyl (C=O) groups is 2. The molecule has 1 aliphatic heterocycles. The Labute approximate surface area is 174 Å². The summed E-state index contributed by atoms with van der Waals surface area (Å²) < 4.78 is 0. The summed E-state index contributed by atoms with van der Waals surface area (Å²) in [5.74, 6) is 0.505. The molecule has 0 bridgehead atoms. The fraction of sp³-hybridized carbons (Fsp3) is 0.524. The second-order valence-corrected chi connectivity index (χ2v) is 8.19. The van der Waals surface area contributed by atoms with Gasteiger partial charge in [0.2, 0.25) is 5.91 Å². The van der Waals surface area contributed by atoms with Crippen molar-refractivity contribution in [3.05, 3.63) is 18.6 Å². The number of amides is 1. The van der Waals surface area contributed by atoms with Crippen LogP contribution in [0, 0.1) is 34.0 Å². The molecular weight excluding hydrogens is 382 g/mol. The molecule has 9 nitrogen and oxygen atoms in total. The number of carbonyl (C=O) groups excluding carboxylic acids is 2. The molecule has 1 amide bonds. The molecule has 1 saturated heterocycles.